The number of amides is 2. The van der Waals surface area contributed by atoms with Crippen molar-refractivity contribution in [3.8, 4) is 0 Å². The second-order valence-electron chi connectivity index (χ2n) is 4.45. The molecule has 0 N–H and O–H groups in total. The van der Waals surface area contributed by atoms with Gasteiger partial charge in [-0.15, -0.1) is 6.58 Å². The van der Waals surface area contributed by atoms with Crippen molar-refractivity contribution < 1.29 is 14.3 Å². The van der Waals surface area contributed by atoms with Crippen molar-refractivity contribution in [2.24, 2.45) is 0 Å². The summed E-state index contributed by atoms with van der Waals surface area (Å²) >= 11 is 0. The minimum atomic E-state index is -0.544. The molecule has 0 spiro atoms. The molecule has 1 aliphatic heterocycles. The zero-order valence-electron chi connectivity index (χ0n) is 10.7. The molecule has 0 bridgehead atoms. The Kier molecular flexibility index (Phi) is 4.34. The molecule has 19 heavy (non-hydrogen) atoms. The molecule has 1 fully saturated rings. The fourth-order valence-electron chi connectivity index (χ4n) is 2.14. The van der Waals surface area contributed by atoms with Crippen LogP contribution in [-0.2, 0) is 9.53 Å². The largest absolute Gasteiger partial charge is 0.446 e. The molecular formula is C15H17NO3. The van der Waals surface area contributed by atoms with Crippen LogP contribution >= 0.6 is 0 Å². The van der Waals surface area contributed by atoms with Crippen LogP contribution in [0.5, 0.6) is 0 Å². The van der Waals surface area contributed by atoms with Crippen molar-refractivity contribution in [2.45, 2.75) is 25.3 Å². The predicted molar refractivity (Wildman–Crippen MR) is 71.4 cm³/mol. The number of nitrogens with zero attached hydrogens (tertiary/aromatic N) is 1. The fraction of sp³-hybridized carbons (Fsp3) is 0.333. The highest BCUT2D eigenvalue weighted by Crippen LogP contribution is 2.28. The summed E-state index contributed by atoms with van der Waals surface area (Å²) in [6, 6.07) is 9.17. The number of unbranched alkanes of at least 4 members (excludes halogenated alkanes) is 1. The van der Waals surface area contributed by atoms with Gasteiger partial charge in [-0.2, -0.15) is 0 Å². The first-order valence-corrected chi connectivity index (χ1v) is 6.38. The Labute approximate surface area is 112 Å². The Morgan fingerprint density at radius 1 is 1.42 bits per heavy atom. The second kappa shape index (κ2) is 6.18. The van der Waals surface area contributed by atoms with E-state index in [1.807, 2.05) is 30.3 Å². The van der Waals surface area contributed by atoms with E-state index in [2.05, 4.69) is 6.58 Å². The zero-order valence-corrected chi connectivity index (χ0v) is 10.7. The molecule has 4 heteroatoms. The van der Waals surface area contributed by atoms with E-state index in [0.717, 1.165) is 12.0 Å². The number of carbonyl (C=O) groups is 2. The maximum Gasteiger partial charge on any atom is 0.417 e. The minimum Gasteiger partial charge on any atom is -0.446 e. The first-order valence-electron chi connectivity index (χ1n) is 6.38. The van der Waals surface area contributed by atoms with Gasteiger partial charge in [0.15, 0.2) is 0 Å². The van der Waals surface area contributed by atoms with Crippen LogP contribution in [0.15, 0.2) is 43.0 Å². The van der Waals surface area contributed by atoms with Crippen molar-refractivity contribution in [1.29, 1.82) is 0 Å². The van der Waals surface area contributed by atoms with Crippen LogP contribution in [0.25, 0.3) is 0 Å². The molecule has 0 aliphatic carbocycles. The van der Waals surface area contributed by atoms with Crippen molar-refractivity contribution in [3.05, 3.63) is 48.6 Å². The van der Waals surface area contributed by atoms with Crippen LogP contribution in [0.2, 0.25) is 0 Å². The van der Waals surface area contributed by atoms with Crippen molar-refractivity contribution in [3.63, 3.8) is 0 Å². The Morgan fingerprint density at radius 2 is 2.16 bits per heavy atom. The van der Waals surface area contributed by atoms with Crippen LogP contribution in [-0.4, -0.2) is 23.5 Å². The number of ether oxygens (including phenoxy) is 1. The van der Waals surface area contributed by atoms with Gasteiger partial charge >= 0.3 is 6.09 Å². The molecule has 4 nitrogen and oxygen atoms in total. The zero-order chi connectivity index (χ0) is 13.7. The maximum absolute atomic E-state index is 12.1. The average molecular weight is 259 g/mol. The van der Waals surface area contributed by atoms with Gasteiger partial charge in [-0.05, 0) is 18.4 Å². The summed E-state index contributed by atoms with van der Waals surface area (Å²) in [5.41, 5.74) is 0.922. The Bertz CT molecular complexity index is 470. The van der Waals surface area contributed by atoms with Gasteiger partial charge in [0.25, 0.3) is 0 Å². The number of rotatable bonds is 5. The van der Waals surface area contributed by atoms with Crippen LogP contribution in [0.4, 0.5) is 4.79 Å². The highest BCUT2D eigenvalue weighted by molar-refractivity contribution is 5.93. The Morgan fingerprint density at radius 3 is 2.84 bits per heavy atom. The summed E-state index contributed by atoms with van der Waals surface area (Å²) in [6.07, 6.45) is 3.03. The molecular weight excluding hydrogens is 242 g/mol. The molecule has 1 aliphatic rings. The lowest BCUT2D eigenvalue weighted by atomic mass is 10.1. The molecule has 0 aromatic heterocycles. The van der Waals surface area contributed by atoms with E-state index in [0.29, 0.717) is 12.8 Å². The number of carbonyl (C=O) groups excluding carboxylic acids is 2. The van der Waals surface area contributed by atoms with E-state index in [9.17, 15) is 9.59 Å². The molecule has 1 atom stereocenters. The highest BCUT2D eigenvalue weighted by Gasteiger charge is 2.38. The number of imide groups is 1. The summed E-state index contributed by atoms with van der Waals surface area (Å²) in [6.45, 7) is 3.85. The molecule has 1 heterocycles. The van der Waals surface area contributed by atoms with Gasteiger partial charge in [-0.3, -0.25) is 4.79 Å². The van der Waals surface area contributed by atoms with E-state index in [-0.39, 0.29) is 18.6 Å². The number of cyclic esters (lactones) is 1. The molecule has 2 rings (SSSR count). The van der Waals surface area contributed by atoms with Gasteiger partial charge in [0.1, 0.15) is 12.6 Å². The summed E-state index contributed by atoms with van der Waals surface area (Å²) in [4.78, 5) is 25.0. The lowest BCUT2D eigenvalue weighted by molar-refractivity contribution is -0.129. The van der Waals surface area contributed by atoms with Crippen LogP contribution in [0.1, 0.15) is 30.9 Å². The molecule has 0 unspecified atom stereocenters. The number of hydrogen-bond donors (Lipinski definition) is 0. The Hall–Kier alpha value is -2.10. The number of hydrogen-bond acceptors (Lipinski definition) is 3. The van der Waals surface area contributed by atoms with Crippen LogP contribution in [0, 0.1) is 0 Å². The smallest absolute Gasteiger partial charge is 0.417 e. The Balaban J connectivity index is 2.09. The van der Waals surface area contributed by atoms with E-state index in [4.69, 9.17) is 4.74 Å². The van der Waals surface area contributed by atoms with E-state index < -0.39 is 6.09 Å². The SMILES string of the molecule is C=CCCCC(=O)N1C(=O)OC[C@H]1c1ccccc1. The summed E-state index contributed by atoms with van der Waals surface area (Å²) < 4.78 is 5.01. The average Bonchev–Trinajstić information content (AvgIpc) is 2.82. The molecule has 0 saturated carbocycles. The minimum absolute atomic E-state index is 0.182. The quantitative estimate of drug-likeness (QED) is 0.603. The predicted octanol–water partition coefficient (Wildman–Crippen LogP) is 3.06. The van der Waals surface area contributed by atoms with E-state index in [1.54, 1.807) is 6.08 Å². The molecule has 1 aromatic rings. The van der Waals surface area contributed by atoms with Crippen LogP contribution in [0.3, 0.4) is 0 Å². The van der Waals surface area contributed by atoms with Crippen molar-refractivity contribution in [1.82, 2.24) is 4.90 Å². The maximum atomic E-state index is 12.1. The first-order chi connectivity index (χ1) is 9.24. The summed E-state index contributed by atoms with van der Waals surface area (Å²) in [5.74, 6) is -0.182. The molecule has 0 radical (unpaired) electrons. The molecule has 1 aromatic carbocycles. The third-order valence-corrected chi connectivity index (χ3v) is 3.12. The summed E-state index contributed by atoms with van der Waals surface area (Å²) in [5, 5.41) is 0. The normalized spacial score (nSPS) is 18.2. The third-order valence-electron chi connectivity index (χ3n) is 3.12. The van der Waals surface area contributed by atoms with E-state index >= 15 is 0 Å². The lowest BCUT2D eigenvalue weighted by Crippen LogP contribution is -2.33. The van der Waals surface area contributed by atoms with Gasteiger partial charge < -0.3 is 4.74 Å². The first kappa shape index (κ1) is 13.3. The van der Waals surface area contributed by atoms with Gasteiger partial charge in [-0.1, -0.05) is 36.4 Å². The van der Waals surface area contributed by atoms with Gasteiger partial charge in [0.2, 0.25) is 5.91 Å². The van der Waals surface area contributed by atoms with Gasteiger partial charge in [-0.25, -0.2) is 9.69 Å². The van der Waals surface area contributed by atoms with Crippen molar-refractivity contribution in [2.75, 3.05) is 6.61 Å². The molecule has 2 amide bonds. The topological polar surface area (TPSA) is 46.6 Å². The van der Waals surface area contributed by atoms with Crippen LogP contribution < -0.4 is 0 Å². The number of allylic oxidation sites excluding steroid dienone is 1. The fourth-order valence-corrected chi connectivity index (χ4v) is 2.14. The van der Waals surface area contributed by atoms with Gasteiger partial charge in [0, 0.05) is 6.42 Å². The van der Waals surface area contributed by atoms with Crippen molar-refractivity contribution >= 4 is 12.0 Å². The third kappa shape index (κ3) is 3.02. The number of benzene rings is 1. The lowest BCUT2D eigenvalue weighted by Gasteiger charge is -2.19. The summed E-state index contributed by atoms with van der Waals surface area (Å²) in [7, 11) is 0. The molecule has 1 saturated heterocycles. The monoisotopic (exact) mass is 259 g/mol. The standard InChI is InChI=1S/C15H17NO3/c1-2-3-5-10-14(17)16-13(11-19-15(16)18)12-8-6-4-7-9-12/h2,4,6-9,13H,1,3,5,10-11H2/t13-/m0/s1. The highest BCUT2D eigenvalue weighted by atomic mass is 16.6. The van der Waals surface area contributed by atoms with E-state index in [1.165, 1.54) is 4.90 Å². The second-order valence-corrected chi connectivity index (χ2v) is 4.45. The van der Waals surface area contributed by atoms with Gasteiger partial charge in [0.05, 0.1) is 0 Å². The molecule has 100 valence electrons.